The van der Waals surface area contributed by atoms with Crippen molar-refractivity contribution in [1.29, 1.82) is 0 Å². The molecule has 0 N–H and O–H groups in total. The molecule has 0 saturated heterocycles. The van der Waals surface area contributed by atoms with Crippen LogP contribution in [0.1, 0.15) is 21.9 Å². The van der Waals surface area contributed by atoms with Crippen LogP contribution in [0.5, 0.6) is 0 Å². The highest BCUT2D eigenvalue weighted by atomic mass is 79.9. The Labute approximate surface area is 179 Å². The number of esters is 1. The second-order valence-electron chi connectivity index (χ2n) is 6.03. The molecule has 0 aliphatic rings. The van der Waals surface area contributed by atoms with Crippen LogP contribution in [-0.2, 0) is 17.0 Å². The second-order valence-corrected chi connectivity index (χ2v) is 7.75. The van der Waals surface area contributed by atoms with Crippen LogP contribution in [0.25, 0.3) is 11.6 Å². The number of hydrogen-bond donors (Lipinski definition) is 0. The van der Waals surface area contributed by atoms with Crippen molar-refractivity contribution in [3.8, 4) is 11.6 Å². The molecule has 9 heteroatoms. The summed E-state index contributed by atoms with van der Waals surface area (Å²) in [5, 5.41) is 9.38. The first-order chi connectivity index (χ1) is 14.1. The van der Waals surface area contributed by atoms with Crippen molar-refractivity contribution in [2.45, 2.75) is 17.5 Å². The predicted octanol–water partition coefficient (Wildman–Crippen LogP) is 5.02. The van der Waals surface area contributed by atoms with E-state index < -0.39 is 5.97 Å². The molecule has 29 heavy (non-hydrogen) atoms. The molecule has 0 amide bonds. The molecule has 0 fully saturated rings. The topological polar surface area (TPSA) is 83.3 Å². The van der Waals surface area contributed by atoms with Crippen LogP contribution in [0.2, 0.25) is 0 Å². The Morgan fingerprint density at radius 1 is 1.10 bits per heavy atom. The molecule has 0 radical (unpaired) electrons. The maximum atomic E-state index is 11.6. The van der Waals surface area contributed by atoms with Crippen LogP contribution < -0.4 is 0 Å². The van der Waals surface area contributed by atoms with Crippen molar-refractivity contribution < 1.29 is 18.4 Å². The number of carbonyl (C=O) groups excluding carboxylic acids is 1. The van der Waals surface area contributed by atoms with E-state index in [0.717, 1.165) is 5.56 Å². The van der Waals surface area contributed by atoms with Gasteiger partial charge in [0.05, 0.1) is 19.4 Å². The number of halogens is 1. The van der Waals surface area contributed by atoms with Crippen LogP contribution >= 0.6 is 27.7 Å². The monoisotopic (exact) mass is 473 g/mol. The fraction of sp³-hybridized carbons (Fsp3) is 0.150. The van der Waals surface area contributed by atoms with E-state index in [2.05, 4.69) is 30.9 Å². The molecule has 0 aliphatic heterocycles. The summed E-state index contributed by atoms with van der Waals surface area (Å²) in [6, 6.07) is 17.1. The van der Waals surface area contributed by atoms with Crippen LogP contribution in [0.3, 0.4) is 0 Å². The highest BCUT2D eigenvalue weighted by Crippen LogP contribution is 2.30. The van der Waals surface area contributed by atoms with Crippen LogP contribution in [-0.4, -0.2) is 27.8 Å². The Balaban J connectivity index is 1.59. The zero-order valence-electron chi connectivity index (χ0n) is 15.4. The largest absolute Gasteiger partial charge is 0.463 e. The summed E-state index contributed by atoms with van der Waals surface area (Å²) >= 11 is 4.79. The van der Waals surface area contributed by atoms with Gasteiger partial charge in [0.2, 0.25) is 11.6 Å². The summed E-state index contributed by atoms with van der Waals surface area (Å²) in [4.78, 5) is 11.6. The van der Waals surface area contributed by atoms with Crippen molar-refractivity contribution in [3.05, 3.63) is 76.4 Å². The highest BCUT2D eigenvalue weighted by molar-refractivity contribution is 9.10. The standard InChI is InChI=1S/C20H16BrN3O4S/c1-26-19(25)16-8-7-14(27-16)12-29-20-23-22-18(15-9-10-17(21)28-15)24(20)11-13-5-3-2-4-6-13/h2-10H,11-12H2,1H3. The van der Waals surface area contributed by atoms with E-state index in [1.54, 1.807) is 12.1 Å². The number of ether oxygens (including phenoxy) is 1. The number of carbonyl (C=O) groups is 1. The van der Waals surface area contributed by atoms with Gasteiger partial charge < -0.3 is 13.6 Å². The highest BCUT2D eigenvalue weighted by Gasteiger charge is 2.19. The SMILES string of the molecule is COC(=O)c1ccc(CSc2nnc(-c3ccc(Br)o3)n2Cc2ccccc2)o1. The lowest BCUT2D eigenvalue weighted by atomic mass is 10.2. The Hall–Kier alpha value is -2.78. The lowest BCUT2D eigenvalue weighted by molar-refractivity contribution is 0.0563. The van der Waals surface area contributed by atoms with Gasteiger partial charge in [-0.25, -0.2) is 4.79 Å². The van der Waals surface area contributed by atoms with Gasteiger partial charge in [-0.2, -0.15) is 0 Å². The molecular weight excluding hydrogens is 458 g/mol. The lowest BCUT2D eigenvalue weighted by Crippen LogP contribution is -2.03. The first-order valence-corrected chi connectivity index (χ1v) is 10.4. The molecule has 0 unspecified atom stereocenters. The summed E-state index contributed by atoms with van der Waals surface area (Å²) in [6.45, 7) is 0.593. The summed E-state index contributed by atoms with van der Waals surface area (Å²) in [5.74, 6) is 2.07. The number of benzene rings is 1. The van der Waals surface area contributed by atoms with Gasteiger partial charge >= 0.3 is 5.97 Å². The van der Waals surface area contributed by atoms with Gasteiger partial charge in [-0.3, -0.25) is 4.57 Å². The zero-order valence-corrected chi connectivity index (χ0v) is 17.8. The Morgan fingerprint density at radius 2 is 1.93 bits per heavy atom. The molecule has 0 saturated carbocycles. The maximum Gasteiger partial charge on any atom is 0.373 e. The molecule has 148 valence electrons. The molecule has 0 bridgehead atoms. The first-order valence-electron chi connectivity index (χ1n) is 8.66. The van der Waals surface area contributed by atoms with Crippen molar-refractivity contribution >= 4 is 33.7 Å². The molecule has 3 heterocycles. The molecular formula is C20H16BrN3O4S. The van der Waals surface area contributed by atoms with Crippen molar-refractivity contribution in [2.75, 3.05) is 7.11 Å². The zero-order chi connectivity index (χ0) is 20.2. The Bertz CT molecular complexity index is 1120. The normalized spacial score (nSPS) is 11.0. The Kier molecular flexibility index (Phi) is 5.86. The number of nitrogens with zero attached hydrogens (tertiary/aromatic N) is 3. The Morgan fingerprint density at radius 3 is 2.66 bits per heavy atom. The number of thioether (sulfide) groups is 1. The fourth-order valence-electron chi connectivity index (χ4n) is 2.72. The van der Waals surface area contributed by atoms with Crippen LogP contribution in [0.4, 0.5) is 0 Å². The third kappa shape index (κ3) is 4.46. The molecule has 0 aliphatic carbocycles. The lowest BCUT2D eigenvalue weighted by Gasteiger charge is -2.09. The smallest absolute Gasteiger partial charge is 0.373 e. The quantitative estimate of drug-likeness (QED) is 0.275. The van der Waals surface area contributed by atoms with Crippen LogP contribution in [0.15, 0.2) is 73.3 Å². The number of hydrogen-bond acceptors (Lipinski definition) is 7. The second kappa shape index (κ2) is 8.71. The summed E-state index contributed by atoms with van der Waals surface area (Å²) in [7, 11) is 1.32. The summed E-state index contributed by atoms with van der Waals surface area (Å²) < 4.78 is 18.5. The number of rotatable bonds is 7. The van der Waals surface area contributed by atoms with Gasteiger partial charge in [0.1, 0.15) is 5.76 Å². The minimum Gasteiger partial charge on any atom is -0.463 e. The average molecular weight is 474 g/mol. The van der Waals surface area contributed by atoms with E-state index in [4.69, 9.17) is 8.83 Å². The molecule has 3 aromatic heterocycles. The van der Waals surface area contributed by atoms with Gasteiger partial charge in [0, 0.05) is 0 Å². The molecule has 4 rings (SSSR count). The molecule has 1 aromatic carbocycles. The molecule has 0 spiro atoms. The third-order valence-electron chi connectivity index (χ3n) is 4.09. The molecule has 7 nitrogen and oxygen atoms in total. The minimum atomic E-state index is -0.501. The van der Waals surface area contributed by atoms with Gasteiger partial charge in [-0.05, 0) is 45.8 Å². The fourth-order valence-corrected chi connectivity index (χ4v) is 3.86. The molecule has 4 aromatic rings. The van der Waals surface area contributed by atoms with E-state index in [-0.39, 0.29) is 5.76 Å². The van der Waals surface area contributed by atoms with E-state index in [9.17, 15) is 4.79 Å². The third-order valence-corrected chi connectivity index (χ3v) is 5.50. The molecule has 0 atom stereocenters. The van der Waals surface area contributed by atoms with E-state index in [1.807, 2.05) is 47.0 Å². The summed E-state index contributed by atoms with van der Waals surface area (Å²) in [5.41, 5.74) is 1.12. The van der Waals surface area contributed by atoms with E-state index in [1.165, 1.54) is 18.9 Å². The minimum absolute atomic E-state index is 0.176. The van der Waals surface area contributed by atoms with Gasteiger partial charge in [0.15, 0.2) is 15.6 Å². The first kappa shape index (κ1) is 19.5. The van der Waals surface area contributed by atoms with E-state index >= 15 is 0 Å². The predicted molar refractivity (Wildman–Crippen MR) is 111 cm³/mol. The van der Waals surface area contributed by atoms with Crippen molar-refractivity contribution in [1.82, 2.24) is 14.8 Å². The van der Waals surface area contributed by atoms with Gasteiger partial charge in [-0.1, -0.05) is 42.1 Å². The van der Waals surface area contributed by atoms with Crippen molar-refractivity contribution in [3.63, 3.8) is 0 Å². The number of methoxy groups -OCH3 is 1. The van der Waals surface area contributed by atoms with Crippen molar-refractivity contribution in [2.24, 2.45) is 0 Å². The van der Waals surface area contributed by atoms with E-state index in [0.29, 0.717) is 39.5 Å². The van der Waals surface area contributed by atoms with Gasteiger partial charge in [0.25, 0.3) is 0 Å². The van der Waals surface area contributed by atoms with Gasteiger partial charge in [-0.15, -0.1) is 10.2 Å². The maximum absolute atomic E-state index is 11.6. The number of furan rings is 2. The number of aromatic nitrogens is 3. The summed E-state index contributed by atoms with van der Waals surface area (Å²) in [6.07, 6.45) is 0. The average Bonchev–Trinajstić information content (AvgIpc) is 3.47. The van der Waals surface area contributed by atoms with Crippen LogP contribution in [0, 0.1) is 0 Å².